The van der Waals surface area contributed by atoms with Gasteiger partial charge in [-0.15, -0.1) is 0 Å². The van der Waals surface area contributed by atoms with Crippen LogP contribution in [0.15, 0.2) is 24.3 Å². The Balaban J connectivity index is 3.08. The number of phenolic OH excluding ortho intramolecular Hbond substituents is 1. The van der Waals surface area contributed by atoms with Gasteiger partial charge in [-0.1, -0.05) is 24.3 Å². The van der Waals surface area contributed by atoms with E-state index in [4.69, 9.17) is 5.73 Å². The highest BCUT2D eigenvalue weighted by Crippen LogP contribution is 2.27. The molecule has 4 heteroatoms. The van der Waals surface area contributed by atoms with Gasteiger partial charge in [-0.2, -0.15) is 0 Å². The molecule has 1 aromatic carbocycles. The van der Waals surface area contributed by atoms with Crippen LogP contribution in [0.25, 0.3) is 6.08 Å². The van der Waals surface area contributed by atoms with E-state index in [0.717, 1.165) is 5.56 Å². The molecule has 0 aliphatic heterocycles. The Labute approximate surface area is 88.4 Å². The highest BCUT2D eigenvalue weighted by atomic mass is 16.3. The van der Waals surface area contributed by atoms with Crippen LogP contribution in [0.3, 0.4) is 0 Å². The summed E-state index contributed by atoms with van der Waals surface area (Å²) in [5, 5.41) is 12.1. The first-order chi connectivity index (χ1) is 7.15. The third-order valence-corrected chi connectivity index (χ3v) is 1.81. The summed E-state index contributed by atoms with van der Waals surface area (Å²) in [5.74, 6) is -0.178. The maximum absolute atomic E-state index is 10.9. The SMILES string of the molecule is CC(=O)Nc1c(O)cccc1/C=C/CN. The lowest BCUT2D eigenvalue weighted by Gasteiger charge is -2.08. The molecular weight excluding hydrogens is 192 g/mol. The van der Waals surface area contributed by atoms with Gasteiger partial charge in [-0.3, -0.25) is 4.79 Å². The van der Waals surface area contributed by atoms with Crippen molar-refractivity contribution < 1.29 is 9.90 Å². The minimum absolute atomic E-state index is 0.0457. The molecule has 0 aliphatic carbocycles. The molecular formula is C11H14N2O2. The maximum Gasteiger partial charge on any atom is 0.221 e. The number of aromatic hydroxyl groups is 1. The van der Waals surface area contributed by atoms with Gasteiger partial charge in [0.05, 0.1) is 5.69 Å². The van der Waals surface area contributed by atoms with Gasteiger partial charge < -0.3 is 16.2 Å². The summed E-state index contributed by atoms with van der Waals surface area (Å²) in [4.78, 5) is 10.9. The third-order valence-electron chi connectivity index (χ3n) is 1.81. The van der Waals surface area contributed by atoms with E-state index in [1.165, 1.54) is 13.0 Å². The van der Waals surface area contributed by atoms with E-state index in [1.807, 2.05) is 0 Å². The fourth-order valence-corrected chi connectivity index (χ4v) is 1.20. The lowest BCUT2D eigenvalue weighted by atomic mass is 10.1. The standard InChI is InChI=1S/C11H14N2O2/c1-8(14)13-11-9(5-3-7-12)4-2-6-10(11)15/h2-6,15H,7,12H2,1H3,(H,13,14)/b5-3+. The van der Waals surface area contributed by atoms with E-state index in [9.17, 15) is 9.90 Å². The molecule has 4 nitrogen and oxygen atoms in total. The number of hydrogen-bond acceptors (Lipinski definition) is 3. The van der Waals surface area contributed by atoms with Crippen LogP contribution in [0.2, 0.25) is 0 Å². The minimum atomic E-state index is -0.223. The van der Waals surface area contributed by atoms with Crippen molar-refractivity contribution in [1.82, 2.24) is 0 Å². The van der Waals surface area contributed by atoms with E-state index in [1.54, 1.807) is 24.3 Å². The predicted octanol–water partition coefficient (Wildman–Crippen LogP) is 1.32. The summed E-state index contributed by atoms with van der Waals surface area (Å²) in [6.07, 6.45) is 3.51. The summed E-state index contributed by atoms with van der Waals surface area (Å²) < 4.78 is 0. The van der Waals surface area contributed by atoms with Crippen LogP contribution in [-0.4, -0.2) is 17.6 Å². The summed E-state index contributed by atoms with van der Waals surface area (Å²) >= 11 is 0. The fourth-order valence-electron chi connectivity index (χ4n) is 1.20. The molecule has 0 fully saturated rings. The van der Waals surface area contributed by atoms with Crippen molar-refractivity contribution in [2.24, 2.45) is 5.73 Å². The van der Waals surface area contributed by atoms with Crippen LogP contribution in [0.5, 0.6) is 5.75 Å². The molecule has 0 aliphatic rings. The Morgan fingerprint density at radius 1 is 1.60 bits per heavy atom. The third kappa shape index (κ3) is 3.11. The molecule has 0 spiro atoms. The Bertz CT molecular complexity index is 386. The molecule has 0 saturated heterocycles. The highest BCUT2D eigenvalue weighted by molar-refractivity contribution is 5.93. The van der Waals surface area contributed by atoms with E-state index in [2.05, 4.69) is 5.32 Å². The lowest BCUT2D eigenvalue weighted by molar-refractivity contribution is -0.114. The second kappa shape index (κ2) is 5.17. The normalized spacial score (nSPS) is 10.5. The van der Waals surface area contributed by atoms with E-state index in [-0.39, 0.29) is 11.7 Å². The van der Waals surface area contributed by atoms with Crippen molar-refractivity contribution >= 4 is 17.7 Å². The molecule has 0 unspecified atom stereocenters. The molecule has 0 aromatic heterocycles. The largest absolute Gasteiger partial charge is 0.506 e. The van der Waals surface area contributed by atoms with Crippen LogP contribution in [0.1, 0.15) is 12.5 Å². The van der Waals surface area contributed by atoms with Crippen LogP contribution in [0.4, 0.5) is 5.69 Å². The van der Waals surface area contributed by atoms with E-state index in [0.29, 0.717) is 12.2 Å². The molecule has 0 heterocycles. The Kier molecular flexibility index (Phi) is 3.88. The Hall–Kier alpha value is -1.81. The first kappa shape index (κ1) is 11.3. The lowest BCUT2D eigenvalue weighted by Crippen LogP contribution is -2.07. The molecule has 0 atom stereocenters. The molecule has 0 saturated carbocycles. The average molecular weight is 206 g/mol. The smallest absolute Gasteiger partial charge is 0.221 e. The highest BCUT2D eigenvalue weighted by Gasteiger charge is 2.06. The van der Waals surface area contributed by atoms with Gasteiger partial charge in [0, 0.05) is 19.0 Å². The summed E-state index contributed by atoms with van der Waals surface area (Å²) in [6.45, 7) is 1.80. The molecule has 0 radical (unpaired) electrons. The van der Waals surface area contributed by atoms with Gasteiger partial charge in [0.2, 0.25) is 5.91 Å². The molecule has 0 bridgehead atoms. The number of phenols is 1. The van der Waals surface area contributed by atoms with Crippen LogP contribution in [-0.2, 0) is 4.79 Å². The zero-order valence-electron chi connectivity index (χ0n) is 8.53. The van der Waals surface area contributed by atoms with Crippen LogP contribution >= 0.6 is 0 Å². The van der Waals surface area contributed by atoms with Crippen LogP contribution in [0, 0.1) is 0 Å². The maximum atomic E-state index is 10.9. The number of anilines is 1. The first-order valence-corrected chi connectivity index (χ1v) is 4.61. The minimum Gasteiger partial charge on any atom is -0.506 e. The van der Waals surface area contributed by atoms with Crippen molar-refractivity contribution in [3.8, 4) is 5.75 Å². The van der Waals surface area contributed by atoms with Gasteiger partial charge in [0.15, 0.2) is 0 Å². The summed E-state index contributed by atoms with van der Waals surface area (Å²) in [6, 6.07) is 5.01. The van der Waals surface area contributed by atoms with Crippen molar-refractivity contribution in [3.63, 3.8) is 0 Å². The molecule has 1 rings (SSSR count). The molecule has 4 N–H and O–H groups in total. The van der Waals surface area contributed by atoms with E-state index >= 15 is 0 Å². The predicted molar refractivity (Wildman–Crippen MR) is 60.5 cm³/mol. The number of nitrogens with two attached hydrogens (primary N) is 1. The van der Waals surface area contributed by atoms with Gasteiger partial charge in [0.25, 0.3) is 0 Å². The quantitative estimate of drug-likeness (QED) is 0.653. The Morgan fingerprint density at radius 2 is 2.33 bits per heavy atom. The number of rotatable bonds is 3. The molecule has 1 amide bonds. The Morgan fingerprint density at radius 3 is 2.93 bits per heavy atom. The average Bonchev–Trinajstić information content (AvgIpc) is 2.18. The zero-order valence-corrected chi connectivity index (χ0v) is 8.53. The van der Waals surface area contributed by atoms with Crippen molar-refractivity contribution in [2.75, 3.05) is 11.9 Å². The first-order valence-electron chi connectivity index (χ1n) is 4.61. The molecule has 1 aromatic rings. The van der Waals surface area contributed by atoms with Gasteiger partial charge in [-0.05, 0) is 6.07 Å². The fraction of sp³-hybridized carbons (Fsp3) is 0.182. The number of nitrogens with one attached hydrogen (secondary N) is 1. The second-order valence-electron chi connectivity index (χ2n) is 3.06. The molecule has 80 valence electrons. The summed E-state index contributed by atoms with van der Waals surface area (Å²) in [5.41, 5.74) is 6.47. The van der Waals surface area contributed by atoms with E-state index < -0.39 is 0 Å². The summed E-state index contributed by atoms with van der Waals surface area (Å²) in [7, 11) is 0. The number of hydrogen-bond donors (Lipinski definition) is 3. The van der Waals surface area contributed by atoms with Gasteiger partial charge >= 0.3 is 0 Å². The number of para-hydroxylation sites is 1. The van der Waals surface area contributed by atoms with Crippen molar-refractivity contribution in [3.05, 3.63) is 29.8 Å². The number of carbonyl (C=O) groups excluding carboxylic acids is 1. The number of benzene rings is 1. The molecule has 15 heavy (non-hydrogen) atoms. The van der Waals surface area contributed by atoms with Crippen molar-refractivity contribution in [2.45, 2.75) is 6.92 Å². The monoisotopic (exact) mass is 206 g/mol. The number of carbonyl (C=O) groups is 1. The number of amides is 1. The van der Waals surface area contributed by atoms with Gasteiger partial charge in [-0.25, -0.2) is 0 Å². The topological polar surface area (TPSA) is 75.3 Å². The zero-order chi connectivity index (χ0) is 11.3. The van der Waals surface area contributed by atoms with Gasteiger partial charge in [0.1, 0.15) is 5.75 Å². The van der Waals surface area contributed by atoms with Crippen LogP contribution < -0.4 is 11.1 Å². The second-order valence-corrected chi connectivity index (χ2v) is 3.06. The van der Waals surface area contributed by atoms with Crippen molar-refractivity contribution in [1.29, 1.82) is 0 Å².